The molecule has 1 aromatic heterocycles. The molecule has 0 atom stereocenters. The maximum absolute atomic E-state index is 6.08. The molecular formula is C12H11Cl2NO. The zero-order chi connectivity index (χ0) is 11.7. The van der Waals surface area contributed by atoms with Gasteiger partial charge in [0.1, 0.15) is 0 Å². The van der Waals surface area contributed by atoms with Crippen molar-refractivity contribution in [3.05, 3.63) is 40.3 Å². The van der Waals surface area contributed by atoms with Gasteiger partial charge in [0.15, 0.2) is 11.7 Å². The van der Waals surface area contributed by atoms with Crippen molar-refractivity contribution in [3.63, 3.8) is 0 Å². The summed E-state index contributed by atoms with van der Waals surface area (Å²) in [6.07, 6.45) is 1.66. The summed E-state index contributed by atoms with van der Waals surface area (Å²) in [5, 5.41) is 1.14. The summed E-state index contributed by atoms with van der Waals surface area (Å²) in [4.78, 5) is 4.19. The number of hydrogen-bond donors (Lipinski definition) is 0. The Balaban J connectivity index is 2.50. The van der Waals surface area contributed by atoms with Crippen LogP contribution in [0.1, 0.15) is 25.7 Å². The monoisotopic (exact) mass is 255 g/mol. The molecule has 1 aromatic carbocycles. The van der Waals surface area contributed by atoms with E-state index in [9.17, 15) is 0 Å². The molecule has 16 heavy (non-hydrogen) atoms. The Labute approximate surface area is 104 Å². The Kier molecular flexibility index (Phi) is 3.22. The first-order valence-corrected chi connectivity index (χ1v) is 5.75. The highest BCUT2D eigenvalue weighted by Crippen LogP contribution is 2.35. The fourth-order valence-corrected chi connectivity index (χ4v) is 1.99. The molecule has 1 heterocycles. The molecule has 4 heteroatoms. The first-order chi connectivity index (χ1) is 7.59. The van der Waals surface area contributed by atoms with Crippen LogP contribution in [0.15, 0.2) is 28.8 Å². The number of benzene rings is 1. The van der Waals surface area contributed by atoms with Gasteiger partial charge in [0.25, 0.3) is 0 Å². The van der Waals surface area contributed by atoms with Crippen LogP contribution in [0.4, 0.5) is 0 Å². The minimum Gasteiger partial charge on any atom is -0.440 e. The van der Waals surface area contributed by atoms with Gasteiger partial charge in [-0.2, -0.15) is 0 Å². The lowest BCUT2D eigenvalue weighted by atomic mass is 10.2. The van der Waals surface area contributed by atoms with Crippen molar-refractivity contribution < 1.29 is 4.42 Å². The molecule has 0 bridgehead atoms. The Bertz CT molecular complexity index is 485. The second-order valence-electron chi connectivity index (χ2n) is 3.81. The fourth-order valence-electron chi connectivity index (χ4n) is 1.40. The summed E-state index contributed by atoms with van der Waals surface area (Å²) in [6.45, 7) is 4.04. The number of aromatic nitrogens is 1. The zero-order valence-corrected chi connectivity index (χ0v) is 10.5. The fraction of sp³-hybridized carbons (Fsp3) is 0.250. The standard InChI is InChI=1S/C12H11Cl2NO/c1-7(2)12-15-6-10(16-12)11-8(13)4-3-5-9(11)14/h3-7H,1-2H3. The molecule has 0 saturated heterocycles. The average Bonchev–Trinajstić information content (AvgIpc) is 2.66. The highest BCUT2D eigenvalue weighted by Gasteiger charge is 2.14. The number of nitrogens with zero attached hydrogens (tertiary/aromatic N) is 1. The molecule has 0 aliphatic heterocycles. The van der Waals surface area contributed by atoms with Crippen molar-refractivity contribution in [1.82, 2.24) is 4.98 Å². The second-order valence-corrected chi connectivity index (χ2v) is 4.63. The van der Waals surface area contributed by atoms with Crippen LogP contribution in [0, 0.1) is 0 Å². The largest absolute Gasteiger partial charge is 0.440 e. The minimum atomic E-state index is 0.245. The van der Waals surface area contributed by atoms with Crippen molar-refractivity contribution in [2.24, 2.45) is 0 Å². The summed E-state index contributed by atoms with van der Waals surface area (Å²) >= 11 is 12.2. The zero-order valence-electron chi connectivity index (χ0n) is 9.00. The Morgan fingerprint density at radius 2 is 1.81 bits per heavy atom. The molecule has 84 valence electrons. The minimum absolute atomic E-state index is 0.245. The Morgan fingerprint density at radius 3 is 2.31 bits per heavy atom. The predicted molar refractivity (Wildman–Crippen MR) is 66.0 cm³/mol. The van der Waals surface area contributed by atoms with E-state index in [2.05, 4.69) is 4.98 Å². The van der Waals surface area contributed by atoms with Crippen molar-refractivity contribution in [2.75, 3.05) is 0 Å². The third-order valence-electron chi connectivity index (χ3n) is 2.23. The van der Waals surface area contributed by atoms with Crippen molar-refractivity contribution in [1.29, 1.82) is 0 Å². The van der Waals surface area contributed by atoms with Crippen LogP contribution in [0.25, 0.3) is 11.3 Å². The van der Waals surface area contributed by atoms with Crippen LogP contribution < -0.4 is 0 Å². The molecule has 0 aliphatic carbocycles. The van der Waals surface area contributed by atoms with E-state index in [1.807, 2.05) is 13.8 Å². The maximum atomic E-state index is 6.08. The van der Waals surface area contributed by atoms with Crippen molar-refractivity contribution in [2.45, 2.75) is 19.8 Å². The quantitative estimate of drug-likeness (QED) is 0.773. The lowest BCUT2D eigenvalue weighted by Gasteiger charge is -2.02. The van der Waals surface area contributed by atoms with Crippen LogP contribution in [0.5, 0.6) is 0 Å². The lowest BCUT2D eigenvalue weighted by molar-refractivity contribution is 0.481. The van der Waals surface area contributed by atoms with Gasteiger partial charge in [0, 0.05) is 5.92 Å². The molecule has 0 unspecified atom stereocenters. The van der Waals surface area contributed by atoms with Gasteiger partial charge in [-0.15, -0.1) is 0 Å². The average molecular weight is 256 g/mol. The van der Waals surface area contributed by atoms with E-state index in [-0.39, 0.29) is 5.92 Å². The van der Waals surface area contributed by atoms with Crippen LogP contribution in [0.3, 0.4) is 0 Å². The summed E-state index contributed by atoms with van der Waals surface area (Å²) < 4.78 is 5.61. The first-order valence-electron chi connectivity index (χ1n) is 4.99. The highest BCUT2D eigenvalue weighted by atomic mass is 35.5. The molecule has 0 fully saturated rings. The predicted octanol–water partition coefficient (Wildman–Crippen LogP) is 4.77. The number of rotatable bonds is 2. The van der Waals surface area contributed by atoms with E-state index in [1.54, 1.807) is 24.4 Å². The van der Waals surface area contributed by atoms with Crippen LogP contribution >= 0.6 is 23.2 Å². The third-order valence-corrected chi connectivity index (χ3v) is 2.86. The highest BCUT2D eigenvalue weighted by molar-refractivity contribution is 6.39. The smallest absolute Gasteiger partial charge is 0.197 e. The number of hydrogen-bond acceptors (Lipinski definition) is 2. The van der Waals surface area contributed by atoms with Gasteiger partial charge < -0.3 is 4.42 Å². The first kappa shape index (κ1) is 11.5. The van der Waals surface area contributed by atoms with Gasteiger partial charge >= 0.3 is 0 Å². The van der Waals surface area contributed by atoms with Crippen molar-refractivity contribution >= 4 is 23.2 Å². The van der Waals surface area contributed by atoms with E-state index in [0.29, 0.717) is 27.3 Å². The van der Waals surface area contributed by atoms with Crippen LogP contribution in [0.2, 0.25) is 10.0 Å². The lowest BCUT2D eigenvalue weighted by Crippen LogP contribution is -1.84. The number of halogens is 2. The summed E-state index contributed by atoms with van der Waals surface area (Å²) in [5.41, 5.74) is 0.699. The van der Waals surface area contributed by atoms with Crippen LogP contribution in [-0.2, 0) is 0 Å². The van der Waals surface area contributed by atoms with E-state index in [1.165, 1.54) is 0 Å². The summed E-state index contributed by atoms with van der Waals surface area (Å²) in [5.74, 6) is 1.54. The normalized spacial score (nSPS) is 11.1. The Morgan fingerprint density at radius 1 is 1.19 bits per heavy atom. The molecule has 0 radical (unpaired) electrons. The summed E-state index contributed by atoms with van der Waals surface area (Å²) in [7, 11) is 0. The van der Waals surface area contributed by atoms with E-state index >= 15 is 0 Å². The molecule has 0 spiro atoms. The molecular weight excluding hydrogens is 245 g/mol. The molecule has 2 aromatic rings. The van der Waals surface area contributed by atoms with E-state index in [4.69, 9.17) is 27.6 Å². The molecule has 2 rings (SSSR count). The van der Waals surface area contributed by atoms with Gasteiger partial charge in [-0.3, -0.25) is 0 Å². The molecule has 0 saturated carbocycles. The van der Waals surface area contributed by atoms with Gasteiger partial charge in [0.05, 0.1) is 21.8 Å². The van der Waals surface area contributed by atoms with Gasteiger partial charge in [0.2, 0.25) is 0 Å². The summed E-state index contributed by atoms with van der Waals surface area (Å²) in [6, 6.07) is 5.36. The topological polar surface area (TPSA) is 26.0 Å². The third kappa shape index (κ3) is 2.08. The van der Waals surface area contributed by atoms with Crippen LogP contribution in [-0.4, -0.2) is 4.98 Å². The second kappa shape index (κ2) is 4.48. The SMILES string of the molecule is CC(C)c1ncc(-c2c(Cl)cccc2Cl)o1. The maximum Gasteiger partial charge on any atom is 0.197 e. The van der Waals surface area contributed by atoms with Gasteiger partial charge in [-0.25, -0.2) is 4.98 Å². The van der Waals surface area contributed by atoms with Gasteiger partial charge in [-0.1, -0.05) is 43.1 Å². The van der Waals surface area contributed by atoms with E-state index < -0.39 is 0 Å². The molecule has 0 amide bonds. The molecule has 0 aliphatic rings. The van der Waals surface area contributed by atoms with E-state index in [0.717, 1.165) is 0 Å². The molecule has 2 nitrogen and oxygen atoms in total. The van der Waals surface area contributed by atoms with Gasteiger partial charge in [-0.05, 0) is 12.1 Å². The Hall–Kier alpha value is -0.990. The number of oxazole rings is 1. The molecule has 0 N–H and O–H groups in total. The van der Waals surface area contributed by atoms with Crippen molar-refractivity contribution in [3.8, 4) is 11.3 Å².